The van der Waals surface area contributed by atoms with E-state index in [9.17, 15) is 9.59 Å². The second kappa shape index (κ2) is 8.76. The first-order valence-corrected chi connectivity index (χ1v) is 8.76. The summed E-state index contributed by atoms with van der Waals surface area (Å²) in [5.74, 6) is -0.597. The predicted molar refractivity (Wildman–Crippen MR) is 97.8 cm³/mol. The maximum Gasteiger partial charge on any atom is 0.338 e. The number of esters is 1. The highest BCUT2D eigenvalue weighted by molar-refractivity contribution is 8.00. The van der Waals surface area contributed by atoms with Gasteiger partial charge in [0.25, 0.3) is 0 Å². The number of rotatable bonds is 6. The molecular weight excluding hydrogens is 346 g/mol. The summed E-state index contributed by atoms with van der Waals surface area (Å²) in [6, 6.07) is 14.4. The molecule has 0 aliphatic carbocycles. The number of hydrogen-bond donors (Lipinski definition) is 1. The highest BCUT2D eigenvalue weighted by atomic mass is 35.5. The van der Waals surface area contributed by atoms with E-state index in [1.54, 1.807) is 19.1 Å². The van der Waals surface area contributed by atoms with Crippen LogP contribution in [0.5, 0.6) is 0 Å². The van der Waals surface area contributed by atoms with Crippen molar-refractivity contribution in [2.45, 2.75) is 24.0 Å². The maximum atomic E-state index is 12.3. The van der Waals surface area contributed by atoms with Crippen molar-refractivity contribution < 1.29 is 14.3 Å². The van der Waals surface area contributed by atoms with Crippen molar-refractivity contribution in [3.8, 4) is 0 Å². The molecule has 1 amide bonds. The molecule has 0 bridgehead atoms. The van der Waals surface area contributed by atoms with Crippen LogP contribution in [0.3, 0.4) is 0 Å². The first-order chi connectivity index (χ1) is 11.5. The topological polar surface area (TPSA) is 55.4 Å². The van der Waals surface area contributed by atoms with Crippen LogP contribution in [-0.4, -0.2) is 23.7 Å². The van der Waals surface area contributed by atoms with E-state index in [1.165, 1.54) is 17.8 Å². The van der Waals surface area contributed by atoms with Crippen molar-refractivity contribution in [1.82, 2.24) is 0 Å². The Balaban J connectivity index is 2.02. The molecule has 2 aromatic carbocycles. The number of nitrogens with one attached hydrogen (secondary N) is 1. The molecule has 0 heterocycles. The molecule has 126 valence electrons. The molecule has 0 saturated heterocycles. The Kier molecular flexibility index (Phi) is 6.70. The minimum Gasteiger partial charge on any atom is -0.462 e. The summed E-state index contributed by atoms with van der Waals surface area (Å²) < 4.78 is 4.92. The van der Waals surface area contributed by atoms with Crippen LogP contribution < -0.4 is 5.32 Å². The third-order valence-corrected chi connectivity index (χ3v) is 4.59. The molecule has 0 radical (unpaired) electrons. The van der Waals surface area contributed by atoms with Crippen LogP contribution in [0.25, 0.3) is 0 Å². The van der Waals surface area contributed by atoms with Crippen molar-refractivity contribution in [3.63, 3.8) is 0 Å². The molecule has 0 fully saturated rings. The summed E-state index contributed by atoms with van der Waals surface area (Å²) in [4.78, 5) is 25.0. The second-order valence-corrected chi connectivity index (χ2v) is 6.80. The van der Waals surface area contributed by atoms with E-state index in [0.717, 1.165) is 4.90 Å². The van der Waals surface area contributed by atoms with E-state index in [4.69, 9.17) is 16.3 Å². The molecule has 0 aliphatic heterocycles. The van der Waals surface area contributed by atoms with Crippen LogP contribution in [0.4, 0.5) is 5.69 Å². The molecule has 6 heteroatoms. The minimum absolute atomic E-state index is 0.158. The number of benzene rings is 2. The summed E-state index contributed by atoms with van der Waals surface area (Å²) in [6.45, 7) is 3.86. The Hall–Kier alpha value is -1.98. The number of ether oxygens (including phenoxy) is 1. The Morgan fingerprint density at radius 3 is 2.54 bits per heavy atom. The second-order valence-electron chi connectivity index (χ2n) is 4.98. The molecule has 1 N–H and O–H groups in total. The zero-order valence-electron chi connectivity index (χ0n) is 13.4. The van der Waals surface area contributed by atoms with Gasteiger partial charge < -0.3 is 10.1 Å². The lowest BCUT2D eigenvalue weighted by atomic mass is 10.2. The Morgan fingerprint density at radius 1 is 1.21 bits per heavy atom. The molecule has 0 saturated carbocycles. The summed E-state index contributed by atoms with van der Waals surface area (Å²) in [6.07, 6.45) is 0. The third-order valence-electron chi connectivity index (χ3n) is 3.16. The van der Waals surface area contributed by atoms with E-state index in [0.29, 0.717) is 22.9 Å². The van der Waals surface area contributed by atoms with Gasteiger partial charge in [0, 0.05) is 4.90 Å². The van der Waals surface area contributed by atoms with Gasteiger partial charge in [-0.05, 0) is 44.2 Å². The van der Waals surface area contributed by atoms with Crippen LogP contribution in [0, 0.1) is 0 Å². The summed E-state index contributed by atoms with van der Waals surface area (Å²) in [5.41, 5.74) is 0.821. The molecule has 24 heavy (non-hydrogen) atoms. The lowest BCUT2D eigenvalue weighted by Crippen LogP contribution is -2.22. The zero-order valence-corrected chi connectivity index (χ0v) is 15.0. The van der Waals surface area contributed by atoms with Crippen LogP contribution in [0.2, 0.25) is 5.02 Å². The number of hydrogen-bond acceptors (Lipinski definition) is 4. The van der Waals surface area contributed by atoms with E-state index < -0.39 is 5.97 Å². The van der Waals surface area contributed by atoms with Gasteiger partial charge in [0.2, 0.25) is 5.91 Å². The van der Waals surface area contributed by atoms with Crippen LogP contribution in [0.1, 0.15) is 24.2 Å². The van der Waals surface area contributed by atoms with Crippen LogP contribution in [0.15, 0.2) is 53.4 Å². The number of thioether (sulfide) groups is 1. The maximum absolute atomic E-state index is 12.3. The molecule has 1 unspecified atom stereocenters. The van der Waals surface area contributed by atoms with Gasteiger partial charge in [-0.15, -0.1) is 11.8 Å². The first kappa shape index (κ1) is 18.4. The predicted octanol–water partition coefficient (Wildman–Crippen LogP) is 4.64. The third kappa shape index (κ3) is 5.01. The fraction of sp³-hybridized carbons (Fsp3) is 0.222. The fourth-order valence-corrected chi connectivity index (χ4v) is 3.07. The molecule has 0 spiro atoms. The van der Waals surface area contributed by atoms with Crippen LogP contribution >= 0.6 is 23.4 Å². The molecular formula is C18H18ClNO3S. The lowest BCUT2D eigenvalue weighted by molar-refractivity contribution is -0.115. The normalized spacial score (nSPS) is 11.6. The van der Waals surface area contributed by atoms with Crippen molar-refractivity contribution in [3.05, 3.63) is 59.1 Å². The van der Waals surface area contributed by atoms with E-state index >= 15 is 0 Å². The van der Waals surface area contributed by atoms with Crippen LogP contribution in [-0.2, 0) is 9.53 Å². The van der Waals surface area contributed by atoms with Gasteiger partial charge >= 0.3 is 5.97 Å². The minimum atomic E-state index is -0.440. The summed E-state index contributed by atoms with van der Waals surface area (Å²) in [7, 11) is 0. The molecule has 1 atom stereocenters. The van der Waals surface area contributed by atoms with Gasteiger partial charge in [0.1, 0.15) is 0 Å². The van der Waals surface area contributed by atoms with Gasteiger partial charge in [-0.2, -0.15) is 0 Å². The Morgan fingerprint density at radius 2 is 1.92 bits per heavy atom. The van der Waals surface area contributed by atoms with Crippen molar-refractivity contribution in [2.75, 3.05) is 11.9 Å². The molecule has 4 nitrogen and oxygen atoms in total. The first-order valence-electron chi connectivity index (χ1n) is 7.50. The van der Waals surface area contributed by atoms with E-state index in [-0.39, 0.29) is 11.2 Å². The average molecular weight is 364 g/mol. The largest absolute Gasteiger partial charge is 0.462 e. The number of halogens is 1. The van der Waals surface area contributed by atoms with Crippen molar-refractivity contribution in [1.29, 1.82) is 0 Å². The molecule has 2 rings (SSSR count). The lowest BCUT2D eigenvalue weighted by Gasteiger charge is -2.13. The Bertz CT molecular complexity index is 721. The molecule has 0 aliphatic rings. The van der Waals surface area contributed by atoms with E-state index in [2.05, 4.69) is 5.32 Å². The number of amides is 1. The smallest absolute Gasteiger partial charge is 0.338 e. The van der Waals surface area contributed by atoms with E-state index in [1.807, 2.05) is 37.3 Å². The average Bonchev–Trinajstić information content (AvgIpc) is 2.57. The monoisotopic (exact) mass is 363 g/mol. The summed E-state index contributed by atoms with van der Waals surface area (Å²) >= 11 is 7.62. The number of anilines is 1. The SMILES string of the molecule is CCOC(=O)c1ccc(NC(=O)C(C)Sc2ccccc2)c(Cl)c1. The zero-order chi connectivity index (χ0) is 17.5. The molecule has 0 aromatic heterocycles. The van der Waals surface area contributed by atoms with Gasteiger partial charge in [0.15, 0.2) is 0 Å². The van der Waals surface area contributed by atoms with Gasteiger partial charge in [0.05, 0.1) is 28.1 Å². The van der Waals surface area contributed by atoms with Gasteiger partial charge in [-0.3, -0.25) is 4.79 Å². The van der Waals surface area contributed by atoms with Gasteiger partial charge in [-0.1, -0.05) is 29.8 Å². The van der Waals surface area contributed by atoms with Crippen molar-refractivity contribution in [2.24, 2.45) is 0 Å². The highest BCUT2D eigenvalue weighted by Gasteiger charge is 2.16. The highest BCUT2D eigenvalue weighted by Crippen LogP contribution is 2.27. The number of carbonyl (C=O) groups excluding carboxylic acids is 2. The fourth-order valence-electron chi connectivity index (χ4n) is 1.95. The number of carbonyl (C=O) groups is 2. The quantitative estimate of drug-likeness (QED) is 0.600. The Labute approximate surface area is 150 Å². The van der Waals surface area contributed by atoms with Crippen molar-refractivity contribution >= 4 is 40.9 Å². The molecule has 2 aromatic rings. The standard InChI is InChI=1S/C18H18ClNO3S/c1-3-23-18(22)13-9-10-16(15(19)11-13)20-17(21)12(2)24-14-7-5-4-6-8-14/h4-12H,3H2,1-2H3,(H,20,21). The van der Waals surface area contributed by atoms with Gasteiger partial charge in [-0.25, -0.2) is 4.79 Å². The summed E-state index contributed by atoms with van der Waals surface area (Å²) in [5, 5.41) is 2.80.